The minimum absolute atomic E-state index is 0.240. The first kappa shape index (κ1) is 13.5. The van der Waals surface area contributed by atoms with Crippen LogP contribution in [0.15, 0.2) is 18.3 Å². The van der Waals surface area contributed by atoms with Gasteiger partial charge < -0.3 is 5.11 Å². The zero-order chi connectivity index (χ0) is 13.2. The quantitative estimate of drug-likeness (QED) is 0.889. The Bertz CT molecular complexity index is 392. The largest absolute Gasteiger partial charge is 0.383 e. The lowest BCUT2D eigenvalue weighted by atomic mass is 9.71. The van der Waals surface area contributed by atoms with E-state index >= 15 is 0 Å². The van der Waals surface area contributed by atoms with Gasteiger partial charge in [-0.3, -0.25) is 4.98 Å². The monoisotopic (exact) mass is 251 g/mol. The number of pyridine rings is 1. The molecule has 1 aliphatic rings. The highest BCUT2D eigenvalue weighted by Crippen LogP contribution is 2.42. The summed E-state index contributed by atoms with van der Waals surface area (Å²) in [7, 11) is 0. The zero-order valence-electron chi connectivity index (χ0n) is 11.2. The molecule has 3 heteroatoms. The predicted molar refractivity (Wildman–Crippen MR) is 69.5 cm³/mol. The van der Waals surface area contributed by atoms with Gasteiger partial charge in [-0.15, -0.1) is 0 Å². The zero-order valence-corrected chi connectivity index (χ0v) is 11.2. The lowest BCUT2D eigenvalue weighted by Gasteiger charge is -2.39. The van der Waals surface area contributed by atoms with E-state index in [1.165, 1.54) is 18.7 Å². The maximum Gasteiger partial charge on any atom is 0.141 e. The van der Waals surface area contributed by atoms with Crippen molar-refractivity contribution in [3.8, 4) is 0 Å². The van der Waals surface area contributed by atoms with E-state index < -0.39 is 5.60 Å². The Hall–Kier alpha value is -0.960. The molecule has 0 aliphatic heterocycles. The summed E-state index contributed by atoms with van der Waals surface area (Å²) in [5.74, 6) is 0.542. The maximum atomic E-state index is 12.9. The van der Waals surface area contributed by atoms with E-state index in [1.54, 1.807) is 6.07 Å². The van der Waals surface area contributed by atoms with Crippen molar-refractivity contribution in [3.63, 3.8) is 0 Å². The highest BCUT2D eigenvalue weighted by Gasteiger charge is 2.39. The Morgan fingerprint density at radius 2 is 2.22 bits per heavy atom. The summed E-state index contributed by atoms with van der Waals surface area (Å²) in [5, 5.41) is 10.9. The maximum absolute atomic E-state index is 12.9. The topological polar surface area (TPSA) is 33.1 Å². The van der Waals surface area contributed by atoms with Crippen molar-refractivity contribution in [2.45, 2.75) is 51.6 Å². The van der Waals surface area contributed by atoms with Gasteiger partial charge in [0.2, 0.25) is 0 Å². The minimum atomic E-state index is -0.900. The predicted octanol–water partition coefficient (Wildman–Crippen LogP) is 3.64. The van der Waals surface area contributed by atoms with Gasteiger partial charge in [0.25, 0.3) is 0 Å². The van der Waals surface area contributed by atoms with Gasteiger partial charge >= 0.3 is 0 Å². The average Bonchev–Trinajstić information content (AvgIpc) is 2.38. The van der Waals surface area contributed by atoms with Gasteiger partial charge in [0.05, 0.1) is 11.9 Å². The Kier molecular flexibility index (Phi) is 4.00. The number of hydrogen-bond donors (Lipinski definition) is 1. The third-order valence-electron chi connectivity index (χ3n) is 4.32. The molecule has 1 aliphatic carbocycles. The minimum Gasteiger partial charge on any atom is -0.383 e. The summed E-state index contributed by atoms with van der Waals surface area (Å²) >= 11 is 0. The van der Waals surface area contributed by atoms with Gasteiger partial charge in [0.15, 0.2) is 0 Å². The van der Waals surface area contributed by atoms with Crippen LogP contribution in [0.4, 0.5) is 4.39 Å². The fourth-order valence-electron chi connectivity index (χ4n) is 3.18. The molecule has 3 atom stereocenters. The summed E-state index contributed by atoms with van der Waals surface area (Å²) in [5.41, 5.74) is -0.284. The third-order valence-corrected chi connectivity index (χ3v) is 4.32. The fraction of sp³-hybridized carbons (Fsp3) is 0.667. The first-order valence-corrected chi connectivity index (χ1v) is 6.90. The molecule has 2 nitrogen and oxygen atoms in total. The van der Waals surface area contributed by atoms with Gasteiger partial charge in [0, 0.05) is 0 Å². The number of hydrogen-bond acceptors (Lipinski definition) is 2. The van der Waals surface area contributed by atoms with E-state index in [-0.39, 0.29) is 11.7 Å². The van der Waals surface area contributed by atoms with Gasteiger partial charge in [0.1, 0.15) is 11.4 Å². The van der Waals surface area contributed by atoms with Crippen LogP contribution < -0.4 is 0 Å². The number of nitrogens with zero attached hydrogens (tertiary/aromatic N) is 1. The number of rotatable bonds is 3. The third kappa shape index (κ3) is 2.56. The molecule has 100 valence electrons. The molecule has 1 fully saturated rings. The van der Waals surface area contributed by atoms with Crippen LogP contribution in [0.3, 0.4) is 0 Å². The summed E-state index contributed by atoms with van der Waals surface area (Å²) in [6.45, 7) is 4.21. The molecular weight excluding hydrogens is 229 g/mol. The molecule has 2 rings (SSSR count). The van der Waals surface area contributed by atoms with Crippen LogP contribution in [0.5, 0.6) is 0 Å². The van der Waals surface area contributed by atoms with Gasteiger partial charge in [-0.2, -0.15) is 0 Å². The second-order valence-corrected chi connectivity index (χ2v) is 5.61. The first-order chi connectivity index (χ1) is 8.56. The Balaban J connectivity index is 2.26. The fourth-order valence-corrected chi connectivity index (χ4v) is 3.18. The van der Waals surface area contributed by atoms with Crippen LogP contribution in [0.25, 0.3) is 0 Å². The van der Waals surface area contributed by atoms with Gasteiger partial charge in [-0.25, -0.2) is 4.39 Å². The van der Waals surface area contributed by atoms with E-state index in [0.717, 1.165) is 19.3 Å². The molecule has 1 aromatic heterocycles. The van der Waals surface area contributed by atoms with Gasteiger partial charge in [-0.05, 0) is 43.2 Å². The standard InChI is InChI=1S/C15H22FNO/c1-3-15(18,12-6-4-5-11(2)9-12)14-8-7-13(16)10-17-14/h7-8,10-12,18H,3-6,9H2,1-2H3. The second kappa shape index (κ2) is 5.35. The number of aromatic nitrogens is 1. The van der Waals surface area contributed by atoms with Crippen LogP contribution >= 0.6 is 0 Å². The van der Waals surface area contributed by atoms with Crippen LogP contribution in [-0.2, 0) is 5.60 Å². The van der Waals surface area contributed by atoms with Crippen LogP contribution in [0, 0.1) is 17.7 Å². The molecule has 1 aromatic rings. The number of halogens is 1. The molecule has 1 N–H and O–H groups in total. The van der Waals surface area contributed by atoms with Crippen LogP contribution in [0.2, 0.25) is 0 Å². The Labute approximate surface area is 108 Å². The summed E-state index contributed by atoms with van der Waals surface area (Å²) in [6.07, 6.45) is 6.30. The molecule has 0 spiro atoms. The van der Waals surface area contributed by atoms with Gasteiger partial charge in [-0.1, -0.05) is 26.7 Å². The van der Waals surface area contributed by atoms with Crippen molar-refractivity contribution < 1.29 is 9.50 Å². The van der Waals surface area contributed by atoms with Crippen molar-refractivity contribution in [1.82, 2.24) is 4.98 Å². The van der Waals surface area contributed by atoms with E-state index in [9.17, 15) is 9.50 Å². The molecular formula is C15H22FNO. The second-order valence-electron chi connectivity index (χ2n) is 5.61. The van der Waals surface area contributed by atoms with E-state index in [2.05, 4.69) is 11.9 Å². The molecule has 3 unspecified atom stereocenters. The highest BCUT2D eigenvalue weighted by atomic mass is 19.1. The summed E-state index contributed by atoms with van der Waals surface area (Å²) < 4.78 is 12.9. The molecule has 18 heavy (non-hydrogen) atoms. The number of aliphatic hydroxyl groups is 1. The normalized spacial score (nSPS) is 27.8. The first-order valence-electron chi connectivity index (χ1n) is 6.90. The molecule has 0 saturated heterocycles. The van der Waals surface area contributed by atoms with E-state index in [4.69, 9.17) is 0 Å². The molecule has 1 heterocycles. The molecule has 0 bridgehead atoms. The van der Waals surface area contributed by atoms with E-state index in [0.29, 0.717) is 18.0 Å². The van der Waals surface area contributed by atoms with Crippen molar-refractivity contribution in [2.75, 3.05) is 0 Å². The summed E-state index contributed by atoms with van der Waals surface area (Å²) in [6, 6.07) is 3.01. The summed E-state index contributed by atoms with van der Waals surface area (Å²) in [4.78, 5) is 4.10. The lowest BCUT2D eigenvalue weighted by Crippen LogP contribution is -2.38. The lowest BCUT2D eigenvalue weighted by molar-refractivity contribution is -0.0527. The van der Waals surface area contributed by atoms with Crippen molar-refractivity contribution in [2.24, 2.45) is 11.8 Å². The van der Waals surface area contributed by atoms with Crippen molar-refractivity contribution in [1.29, 1.82) is 0 Å². The molecule has 0 amide bonds. The molecule has 0 aromatic carbocycles. The van der Waals surface area contributed by atoms with Crippen molar-refractivity contribution >= 4 is 0 Å². The molecule has 0 radical (unpaired) electrons. The average molecular weight is 251 g/mol. The van der Waals surface area contributed by atoms with Crippen LogP contribution in [-0.4, -0.2) is 10.1 Å². The van der Waals surface area contributed by atoms with Crippen LogP contribution in [0.1, 0.15) is 51.6 Å². The van der Waals surface area contributed by atoms with Crippen molar-refractivity contribution in [3.05, 3.63) is 29.8 Å². The Morgan fingerprint density at radius 1 is 1.44 bits per heavy atom. The molecule has 1 saturated carbocycles. The van der Waals surface area contributed by atoms with E-state index in [1.807, 2.05) is 6.92 Å². The smallest absolute Gasteiger partial charge is 0.141 e. The SMILES string of the molecule is CCC(O)(c1ccc(F)cn1)C1CCCC(C)C1. The Morgan fingerprint density at radius 3 is 2.78 bits per heavy atom. The highest BCUT2D eigenvalue weighted by molar-refractivity contribution is 5.15.